The van der Waals surface area contributed by atoms with Gasteiger partial charge in [-0.05, 0) is 66.9 Å². The molecule has 0 bridgehead atoms. The Balaban J connectivity index is 2.01. The van der Waals surface area contributed by atoms with E-state index >= 15 is 0 Å². The van der Waals surface area contributed by atoms with E-state index in [1.54, 1.807) is 31.4 Å². The topological polar surface area (TPSA) is 76.1 Å². The van der Waals surface area contributed by atoms with Crippen LogP contribution in [0.25, 0.3) is 5.76 Å². The van der Waals surface area contributed by atoms with Gasteiger partial charge in [0, 0.05) is 10.7 Å². The lowest BCUT2D eigenvalue weighted by atomic mass is 9.94. The number of ether oxygens (including phenoxy) is 2. The number of rotatable bonds is 5. The number of anilines is 1. The van der Waals surface area contributed by atoms with E-state index in [2.05, 4.69) is 0 Å². The van der Waals surface area contributed by atoms with Crippen molar-refractivity contribution in [3.8, 4) is 11.5 Å². The van der Waals surface area contributed by atoms with Crippen molar-refractivity contribution in [2.75, 3.05) is 19.1 Å². The summed E-state index contributed by atoms with van der Waals surface area (Å²) in [6.07, 6.45) is 0. The van der Waals surface area contributed by atoms with Gasteiger partial charge in [-0.3, -0.25) is 14.5 Å². The lowest BCUT2D eigenvalue weighted by Crippen LogP contribution is -2.29. The summed E-state index contributed by atoms with van der Waals surface area (Å²) in [6, 6.07) is 14.6. The van der Waals surface area contributed by atoms with Crippen molar-refractivity contribution in [3.63, 3.8) is 0 Å². The molecule has 1 aliphatic rings. The minimum Gasteiger partial charge on any atom is -0.507 e. The molecule has 1 unspecified atom stereocenters. The number of methoxy groups -OCH3 is 2. The summed E-state index contributed by atoms with van der Waals surface area (Å²) in [5.74, 6) is -1.28. The molecular formula is C27H23Cl2NO5. The number of benzene rings is 3. The van der Waals surface area contributed by atoms with Crippen molar-refractivity contribution in [1.29, 1.82) is 0 Å². The lowest BCUT2D eigenvalue weighted by molar-refractivity contribution is -0.132. The Bertz CT molecular complexity index is 1340. The predicted octanol–water partition coefficient (Wildman–Crippen LogP) is 6.25. The summed E-state index contributed by atoms with van der Waals surface area (Å²) in [5.41, 5.74) is 3.02. The maximum Gasteiger partial charge on any atom is 0.300 e. The first-order valence-corrected chi connectivity index (χ1v) is 11.5. The highest BCUT2D eigenvalue weighted by Gasteiger charge is 2.47. The van der Waals surface area contributed by atoms with Gasteiger partial charge in [-0.2, -0.15) is 0 Å². The van der Waals surface area contributed by atoms with Gasteiger partial charge in [0.1, 0.15) is 17.3 Å². The van der Waals surface area contributed by atoms with Gasteiger partial charge in [0.05, 0.1) is 36.4 Å². The number of carbonyl (C=O) groups is 2. The Hall–Kier alpha value is -3.48. The van der Waals surface area contributed by atoms with Gasteiger partial charge in [-0.25, -0.2) is 0 Å². The molecule has 0 spiro atoms. The van der Waals surface area contributed by atoms with Crippen LogP contribution in [0.4, 0.5) is 5.69 Å². The first kappa shape index (κ1) is 24.6. The molecule has 1 aliphatic heterocycles. The number of carbonyl (C=O) groups excluding carboxylic acids is 2. The molecule has 1 amide bonds. The smallest absolute Gasteiger partial charge is 0.300 e. The van der Waals surface area contributed by atoms with Gasteiger partial charge in [0.15, 0.2) is 0 Å². The third kappa shape index (κ3) is 4.47. The second-order valence-corrected chi connectivity index (χ2v) is 9.10. The Morgan fingerprint density at radius 3 is 2.11 bits per heavy atom. The van der Waals surface area contributed by atoms with Crippen LogP contribution in [0.2, 0.25) is 10.0 Å². The Morgan fingerprint density at radius 2 is 1.54 bits per heavy atom. The van der Waals surface area contributed by atoms with Crippen LogP contribution in [-0.4, -0.2) is 31.0 Å². The molecule has 0 radical (unpaired) electrons. The third-order valence-electron chi connectivity index (χ3n) is 5.83. The number of aliphatic hydroxyl groups is 1. The molecular weight excluding hydrogens is 489 g/mol. The number of aryl methyl sites for hydroxylation is 2. The second-order valence-electron chi connectivity index (χ2n) is 8.26. The van der Waals surface area contributed by atoms with Crippen LogP contribution < -0.4 is 14.4 Å². The number of hydrogen-bond acceptors (Lipinski definition) is 5. The fourth-order valence-electron chi connectivity index (χ4n) is 4.38. The molecule has 0 aliphatic carbocycles. The Morgan fingerprint density at radius 1 is 0.914 bits per heavy atom. The van der Waals surface area contributed by atoms with E-state index in [0.717, 1.165) is 11.1 Å². The fraction of sp³-hybridized carbons (Fsp3) is 0.185. The van der Waals surface area contributed by atoms with E-state index in [0.29, 0.717) is 17.0 Å². The van der Waals surface area contributed by atoms with Crippen LogP contribution in [0.1, 0.15) is 28.3 Å². The van der Waals surface area contributed by atoms with Gasteiger partial charge in [-0.1, -0.05) is 41.4 Å². The minimum atomic E-state index is -0.912. The molecule has 1 fully saturated rings. The average molecular weight is 512 g/mol. The number of ketones is 1. The summed E-state index contributed by atoms with van der Waals surface area (Å²) in [7, 11) is 2.94. The second kappa shape index (κ2) is 9.64. The van der Waals surface area contributed by atoms with Crippen LogP contribution in [0.15, 0.2) is 60.2 Å². The molecule has 6 nitrogen and oxygen atoms in total. The molecule has 180 valence electrons. The molecule has 3 aromatic rings. The summed E-state index contributed by atoms with van der Waals surface area (Å²) in [6.45, 7) is 3.82. The van der Waals surface area contributed by atoms with Crippen LogP contribution >= 0.6 is 23.2 Å². The molecule has 8 heteroatoms. The number of Topliss-reactive ketones (excluding diaryl/α,β-unsaturated/α-hetero) is 1. The standard InChI is InChI=1S/C27H23Cl2NO5/c1-14-9-15(2)11-18(10-14)30-23(16-5-7-19(34-3)8-6-16)22(25(32)27(30)33)24(31)20-12-17(28)13-21(29)26(20)35-4/h5-13,23,31H,1-4H3/b24-22+. The van der Waals surface area contributed by atoms with Crippen molar-refractivity contribution in [1.82, 2.24) is 0 Å². The number of hydrogen-bond donors (Lipinski definition) is 1. The highest BCUT2D eigenvalue weighted by molar-refractivity contribution is 6.52. The molecule has 1 heterocycles. The lowest BCUT2D eigenvalue weighted by Gasteiger charge is -2.26. The number of halogens is 2. The highest BCUT2D eigenvalue weighted by atomic mass is 35.5. The molecule has 1 atom stereocenters. The maximum absolute atomic E-state index is 13.4. The zero-order valence-corrected chi connectivity index (χ0v) is 21.1. The van der Waals surface area contributed by atoms with Crippen LogP contribution in [-0.2, 0) is 9.59 Å². The fourth-order valence-corrected chi connectivity index (χ4v) is 4.95. The van der Waals surface area contributed by atoms with Gasteiger partial charge in [-0.15, -0.1) is 0 Å². The molecule has 0 saturated carbocycles. The quantitative estimate of drug-likeness (QED) is 0.248. The van der Waals surface area contributed by atoms with E-state index < -0.39 is 23.5 Å². The van der Waals surface area contributed by atoms with Crippen molar-refractivity contribution in [3.05, 3.63) is 92.5 Å². The van der Waals surface area contributed by atoms with Crippen molar-refractivity contribution in [2.24, 2.45) is 0 Å². The average Bonchev–Trinajstić information content (AvgIpc) is 3.08. The van der Waals surface area contributed by atoms with Crippen LogP contribution in [0, 0.1) is 13.8 Å². The summed E-state index contributed by atoms with van der Waals surface area (Å²) >= 11 is 12.5. The molecule has 0 aromatic heterocycles. The zero-order chi connectivity index (χ0) is 25.4. The largest absolute Gasteiger partial charge is 0.507 e. The highest BCUT2D eigenvalue weighted by Crippen LogP contribution is 2.45. The number of aliphatic hydroxyl groups excluding tert-OH is 1. The number of amides is 1. The number of nitrogens with zero attached hydrogens (tertiary/aromatic N) is 1. The summed E-state index contributed by atoms with van der Waals surface area (Å²) in [4.78, 5) is 28.2. The van der Waals surface area contributed by atoms with E-state index in [1.165, 1.54) is 24.1 Å². The summed E-state index contributed by atoms with van der Waals surface area (Å²) < 4.78 is 10.6. The van der Waals surface area contributed by atoms with Crippen molar-refractivity contribution in [2.45, 2.75) is 19.9 Å². The van der Waals surface area contributed by atoms with Gasteiger partial charge < -0.3 is 14.6 Å². The third-order valence-corrected chi connectivity index (χ3v) is 6.33. The molecule has 3 aromatic carbocycles. The van der Waals surface area contributed by atoms with Crippen molar-refractivity contribution < 1.29 is 24.2 Å². The minimum absolute atomic E-state index is 0.101. The van der Waals surface area contributed by atoms with Crippen LogP contribution in [0.3, 0.4) is 0 Å². The summed E-state index contributed by atoms with van der Waals surface area (Å²) in [5, 5.41) is 11.8. The molecule has 1 N–H and O–H groups in total. The zero-order valence-electron chi connectivity index (χ0n) is 19.6. The first-order chi connectivity index (χ1) is 16.7. The van der Waals surface area contributed by atoms with E-state index in [4.69, 9.17) is 32.7 Å². The molecule has 4 rings (SSSR count). The van der Waals surface area contributed by atoms with Crippen LogP contribution in [0.5, 0.6) is 11.5 Å². The van der Waals surface area contributed by atoms with Gasteiger partial charge >= 0.3 is 0 Å². The molecule has 35 heavy (non-hydrogen) atoms. The monoisotopic (exact) mass is 511 g/mol. The SMILES string of the molecule is COc1ccc(C2/C(=C(\O)c3cc(Cl)cc(Cl)c3OC)C(=O)C(=O)N2c2cc(C)cc(C)c2)cc1. The van der Waals surface area contributed by atoms with Gasteiger partial charge in [0.2, 0.25) is 0 Å². The van der Waals surface area contributed by atoms with Crippen molar-refractivity contribution >= 4 is 46.3 Å². The Kier molecular flexibility index (Phi) is 6.79. The normalized spacial score (nSPS) is 17.1. The first-order valence-electron chi connectivity index (χ1n) is 10.7. The van der Waals surface area contributed by atoms with E-state index in [1.807, 2.05) is 32.0 Å². The van der Waals surface area contributed by atoms with E-state index in [9.17, 15) is 14.7 Å². The maximum atomic E-state index is 13.4. The Labute approximate surface area is 213 Å². The van der Waals surface area contributed by atoms with Gasteiger partial charge in [0.25, 0.3) is 11.7 Å². The molecule has 1 saturated heterocycles. The van der Waals surface area contributed by atoms with E-state index in [-0.39, 0.29) is 26.9 Å². The predicted molar refractivity (Wildman–Crippen MR) is 137 cm³/mol.